The third kappa shape index (κ3) is 6.06. The Bertz CT molecular complexity index is 1100. The second-order valence-corrected chi connectivity index (χ2v) is 8.51. The van der Waals surface area contributed by atoms with Crippen molar-refractivity contribution in [1.29, 1.82) is 0 Å². The van der Waals surface area contributed by atoms with Crippen LogP contribution in [-0.4, -0.2) is 38.1 Å². The molecule has 168 valence electrons. The van der Waals surface area contributed by atoms with Crippen molar-refractivity contribution in [2.45, 2.75) is 32.7 Å². The lowest BCUT2D eigenvalue weighted by Gasteiger charge is -2.24. The zero-order chi connectivity index (χ0) is 23.3. The van der Waals surface area contributed by atoms with E-state index < -0.39 is 11.4 Å². The SMILES string of the molecule is CCc1cc(Nc2cc(NC(=O)c3c(Cl)cccc3Cl)ccn2)nc(NC(C)(C)CO)n1. The number of aromatic nitrogens is 3. The Morgan fingerprint density at radius 3 is 2.47 bits per heavy atom. The number of anilines is 4. The van der Waals surface area contributed by atoms with Gasteiger partial charge in [-0.15, -0.1) is 0 Å². The van der Waals surface area contributed by atoms with Crippen molar-refractivity contribution >= 4 is 52.4 Å². The molecule has 0 bridgehead atoms. The van der Waals surface area contributed by atoms with Crippen molar-refractivity contribution in [2.75, 3.05) is 22.6 Å². The molecule has 32 heavy (non-hydrogen) atoms. The van der Waals surface area contributed by atoms with Crippen molar-refractivity contribution in [2.24, 2.45) is 0 Å². The van der Waals surface area contributed by atoms with Crippen molar-refractivity contribution < 1.29 is 9.90 Å². The Balaban J connectivity index is 1.81. The summed E-state index contributed by atoms with van der Waals surface area (Å²) in [5.41, 5.74) is 0.948. The average molecular weight is 475 g/mol. The van der Waals surface area contributed by atoms with E-state index in [2.05, 4.69) is 30.9 Å². The fourth-order valence-corrected chi connectivity index (χ4v) is 3.33. The molecule has 0 aliphatic carbocycles. The number of hydrogen-bond donors (Lipinski definition) is 4. The number of carbonyl (C=O) groups is 1. The van der Waals surface area contributed by atoms with Crippen molar-refractivity contribution in [3.63, 3.8) is 0 Å². The van der Waals surface area contributed by atoms with Crippen molar-refractivity contribution in [1.82, 2.24) is 15.0 Å². The van der Waals surface area contributed by atoms with Gasteiger partial charge in [-0.05, 0) is 38.5 Å². The van der Waals surface area contributed by atoms with Gasteiger partial charge in [0.1, 0.15) is 11.6 Å². The van der Waals surface area contributed by atoms with E-state index in [-0.39, 0.29) is 22.2 Å². The highest BCUT2D eigenvalue weighted by atomic mass is 35.5. The largest absolute Gasteiger partial charge is 0.394 e. The molecular formula is C22H24Cl2N6O2. The molecule has 10 heteroatoms. The van der Waals surface area contributed by atoms with Gasteiger partial charge in [-0.25, -0.2) is 9.97 Å². The summed E-state index contributed by atoms with van der Waals surface area (Å²) in [5, 5.41) is 19.1. The third-order valence-electron chi connectivity index (χ3n) is 4.45. The number of nitrogens with one attached hydrogen (secondary N) is 3. The van der Waals surface area contributed by atoms with E-state index >= 15 is 0 Å². The van der Waals surface area contributed by atoms with E-state index in [1.165, 1.54) is 0 Å². The predicted octanol–water partition coefficient (Wildman–Crippen LogP) is 4.92. The summed E-state index contributed by atoms with van der Waals surface area (Å²) in [6.07, 6.45) is 2.26. The lowest BCUT2D eigenvalue weighted by molar-refractivity contribution is 0.102. The quantitative estimate of drug-likeness (QED) is 0.366. The first-order valence-corrected chi connectivity index (χ1v) is 10.7. The standard InChI is InChI=1S/C22H24Cl2N6O2/c1-4-13-10-18(29-21(27-13)30-22(2,3)12-31)28-17-11-14(8-9-25-17)26-20(32)19-15(23)6-5-7-16(19)24/h5-11,31H,4,12H2,1-3H3,(H3,25,26,27,28,29,30,32). The highest BCUT2D eigenvalue weighted by molar-refractivity contribution is 6.40. The molecule has 3 aromatic rings. The number of hydrogen-bond acceptors (Lipinski definition) is 7. The van der Waals surface area contributed by atoms with Gasteiger partial charge in [-0.2, -0.15) is 4.98 Å². The molecule has 2 heterocycles. The molecule has 3 rings (SSSR count). The molecule has 0 saturated carbocycles. The first-order valence-electron chi connectivity index (χ1n) is 9.96. The van der Waals surface area contributed by atoms with E-state index in [9.17, 15) is 9.90 Å². The maximum Gasteiger partial charge on any atom is 0.258 e. The number of nitrogens with zero attached hydrogens (tertiary/aromatic N) is 3. The average Bonchev–Trinajstić information content (AvgIpc) is 2.73. The molecule has 4 N–H and O–H groups in total. The minimum atomic E-state index is -0.577. The van der Waals surface area contributed by atoms with Crippen LogP contribution in [0.25, 0.3) is 0 Å². The van der Waals surface area contributed by atoms with Crippen LogP contribution in [0.15, 0.2) is 42.6 Å². The molecule has 1 amide bonds. The predicted molar refractivity (Wildman–Crippen MR) is 128 cm³/mol. The fraction of sp³-hybridized carbons (Fsp3) is 0.273. The number of rotatable bonds is 8. The summed E-state index contributed by atoms with van der Waals surface area (Å²) >= 11 is 12.2. The van der Waals surface area contributed by atoms with Crippen molar-refractivity contribution in [3.8, 4) is 0 Å². The third-order valence-corrected chi connectivity index (χ3v) is 5.08. The highest BCUT2D eigenvalue weighted by Crippen LogP contribution is 2.26. The summed E-state index contributed by atoms with van der Waals surface area (Å²) in [5.74, 6) is 0.967. The molecule has 1 aromatic carbocycles. The van der Waals surface area contributed by atoms with E-state index in [1.807, 2.05) is 26.8 Å². The molecular weight excluding hydrogens is 451 g/mol. The topological polar surface area (TPSA) is 112 Å². The number of carbonyl (C=O) groups excluding carboxylic acids is 1. The van der Waals surface area contributed by atoms with E-state index in [0.29, 0.717) is 29.7 Å². The van der Waals surface area contributed by atoms with Crippen LogP contribution in [0.2, 0.25) is 10.0 Å². The van der Waals surface area contributed by atoms with Crippen LogP contribution in [0.1, 0.15) is 36.8 Å². The van der Waals surface area contributed by atoms with Crippen LogP contribution in [0.3, 0.4) is 0 Å². The van der Waals surface area contributed by atoms with Gasteiger partial charge >= 0.3 is 0 Å². The zero-order valence-corrected chi connectivity index (χ0v) is 19.4. The lowest BCUT2D eigenvalue weighted by atomic mass is 10.1. The maximum absolute atomic E-state index is 12.6. The first-order chi connectivity index (χ1) is 15.2. The van der Waals surface area contributed by atoms with Gasteiger partial charge in [-0.3, -0.25) is 4.79 Å². The molecule has 0 atom stereocenters. The lowest BCUT2D eigenvalue weighted by Crippen LogP contribution is -2.35. The Morgan fingerprint density at radius 2 is 1.81 bits per heavy atom. The smallest absolute Gasteiger partial charge is 0.258 e. The first kappa shape index (κ1) is 23.7. The minimum Gasteiger partial charge on any atom is -0.394 e. The summed E-state index contributed by atoms with van der Waals surface area (Å²) in [7, 11) is 0. The molecule has 0 fully saturated rings. The number of pyridine rings is 1. The van der Waals surface area contributed by atoms with Crippen LogP contribution < -0.4 is 16.0 Å². The summed E-state index contributed by atoms with van der Waals surface area (Å²) < 4.78 is 0. The Hall–Kier alpha value is -2.94. The molecule has 0 saturated heterocycles. The van der Waals surface area contributed by atoms with E-state index in [1.54, 1.807) is 36.5 Å². The molecule has 0 spiro atoms. The van der Waals surface area contributed by atoms with Crippen LogP contribution in [-0.2, 0) is 6.42 Å². The Morgan fingerprint density at radius 1 is 1.09 bits per heavy atom. The van der Waals surface area contributed by atoms with Crippen LogP contribution in [0.5, 0.6) is 0 Å². The molecule has 8 nitrogen and oxygen atoms in total. The zero-order valence-electron chi connectivity index (χ0n) is 17.9. The normalized spacial score (nSPS) is 11.2. The number of aliphatic hydroxyl groups excluding tert-OH is 1. The van der Waals surface area contributed by atoms with Crippen LogP contribution in [0.4, 0.5) is 23.3 Å². The molecule has 2 aromatic heterocycles. The van der Waals surface area contributed by atoms with Gasteiger partial charge in [-0.1, -0.05) is 36.2 Å². The second kappa shape index (κ2) is 10.1. The maximum atomic E-state index is 12.6. The summed E-state index contributed by atoms with van der Waals surface area (Å²) in [4.78, 5) is 25.9. The number of aliphatic hydroxyl groups is 1. The van der Waals surface area contributed by atoms with Crippen LogP contribution in [0, 0.1) is 0 Å². The minimum absolute atomic E-state index is 0.0752. The molecule has 0 unspecified atom stereocenters. The van der Waals surface area contributed by atoms with Gasteiger partial charge in [0.15, 0.2) is 0 Å². The summed E-state index contributed by atoms with van der Waals surface area (Å²) in [6, 6.07) is 10.0. The highest BCUT2D eigenvalue weighted by Gasteiger charge is 2.18. The van der Waals surface area contributed by atoms with Gasteiger partial charge in [0.25, 0.3) is 5.91 Å². The number of aryl methyl sites for hydroxylation is 1. The van der Waals surface area contributed by atoms with Crippen LogP contribution >= 0.6 is 23.2 Å². The number of amides is 1. The van der Waals surface area contributed by atoms with E-state index in [4.69, 9.17) is 23.2 Å². The summed E-state index contributed by atoms with van der Waals surface area (Å²) in [6.45, 7) is 5.61. The van der Waals surface area contributed by atoms with Crippen molar-refractivity contribution in [3.05, 3.63) is 63.9 Å². The number of benzene rings is 1. The van der Waals surface area contributed by atoms with Gasteiger partial charge in [0.05, 0.1) is 27.8 Å². The van der Waals surface area contributed by atoms with Gasteiger partial charge < -0.3 is 21.1 Å². The fourth-order valence-electron chi connectivity index (χ4n) is 2.76. The van der Waals surface area contributed by atoms with Gasteiger partial charge in [0.2, 0.25) is 5.95 Å². The van der Waals surface area contributed by atoms with E-state index in [0.717, 1.165) is 5.69 Å². The molecule has 0 aliphatic heterocycles. The van der Waals surface area contributed by atoms with Gasteiger partial charge in [0, 0.05) is 29.7 Å². The monoisotopic (exact) mass is 474 g/mol. The number of halogens is 2. The molecule has 0 aliphatic rings. The molecule has 0 radical (unpaired) electrons. The second-order valence-electron chi connectivity index (χ2n) is 7.69. The Kier molecular flexibility index (Phi) is 7.50. The Labute approximate surface area is 196 Å².